The van der Waals surface area contributed by atoms with Gasteiger partial charge < -0.3 is 4.90 Å². The Bertz CT molecular complexity index is 526. The number of carbonyl (C=O) groups is 1. The predicted octanol–water partition coefficient (Wildman–Crippen LogP) is 3.20. The van der Waals surface area contributed by atoms with E-state index in [1.165, 1.54) is 0 Å². The minimum atomic E-state index is -0.555. The second-order valence-electron chi connectivity index (χ2n) is 5.20. The van der Waals surface area contributed by atoms with Crippen molar-refractivity contribution >= 4 is 17.3 Å². The molecular weight excluding hydrogens is 214 g/mol. The van der Waals surface area contributed by atoms with E-state index in [2.05, 4.69) is 4.98 Å². The Hall–Kier alpha value is -1.89. The molecule has 0 spiro atoms. The summed E-state index contributed by atoms with van der Waals surface area (Å²) in [5.74, 6) is 0.0950. The van der Waals surface area contributed by atoms with Crippen molar-refractivity contribution in [1.29, 1.82) is 5.39 Å². The summed E-state index contributed by atoms with van der Waals surface area (Å²) in [4.78, 5) is 17.3. The Morgan fingerprint density at radius 3 is 2.53 bits per heavy atom. The third kappa shape index (κ3) is 1.50. The lowest BCUT2D eigenvalue weighted by molar-refractivity contribution is -0.122. The van der Waals surface area contributed by atoms with E-state index < -0.39 is 5.41 Å². The molecule has 0 aromatic heterocycles. The lowest BCUT2D eigenvalue weighted by atomic mass is 9.86. The number of diazo groups is 1. The van der Waals surface area contributed by atoms with Crippen molar-refractivity contribution in [2.45, 2.75) is 39.2 Å². The Morgan fingerprint density at radius 1 is 1.35 bits per heavy atom. The van der Waals surface area contributed by atoms with Crippen molar-refractivity contribution in [3.05, 3.63) is 28.7 Å². The van der Waals surface area contributed by atoms with Gasteiger partial charge in [-0.15, -0.1) is 0 Å². The summed E-state index contributed by atoms with van der Waals surface area (Å²) < 4.78 is 0. The van der Waals surface area contributed by atoms with E-state index in [1.54, 1.807) is 17.0 Å². The zero-order valence-electron chi connectivity index (χ0n) is 10.6. The summed E-state index contributed by atoms with van der Waals surface area (Å²) in [7, 11) is 0. The second kappa shape index (κ2) is 3.56. The molecule has 1 aliphatic heterocycles. The van der Waals surface area contributed by atoms with Gasteiger partial charge in [-0.25, -0.2) is 0 Å². The van der Waals surface area contributed by atoms with E-state index in [4.69, 9.17) is 5.39 Å². The molecule has 0 saturated carbocycles. The molecule has 1 heterocycles. The van der Waals surface area contributed by atoms with Crippen molar-refractivity contribution in [3.63, 3.8) is 0 Å². The van der Waals surface area contributed by atoms with Crippen LogP contribution < -0.4 is 4.90 Å². The average Bonchev–Trinajstić information content (AvgIpc) is 2.47. The fourth-order valence-corrected chi connectivity index (χ4v) is 2.34. The summed E-state index contributed by atoms with van der Waals surface area (Å²) in [5, 5.41) is 8.81. The zero-order chi connectivity index (χ0) is 12.8. The van der Waals surface area contributed by atoms with Crippen molar-refractivity contribution < 1.29 is 4.79 Å². The van der Waals surface area contributed by atoms with Gasteiger partial charge in [0, 0.05) is 23.9 Å². The van der Waals surface area contributed by atoms with Crippen molar-refractivity contribution in [2.24, 2.45) is 0 Å². The Kier molecular flexibility index (Phi) is 2.43. The Morgan fingerprint density at radius 2 is 2.00 bits per heavy atom. The molecule has 88 valence electrons. The molecule has 1 aromatic carbocycles. The summed E-state index contributed by atoms with van der Waals surface area (Å²) in [6, 6.07) is 5.45. The lowest BCUT2D eigenvalue weighted by Gasteiger charge is -2.23. The summed E-state index contributed by atoms with van der Waals surface area (Å²) >= 11 is 0. The van der Waals surface area contributed by atoms with Gasteiger partial charge in [-0.3, -0.25) is 4.79 Å². The van der Waals surface area contributed by atoms with Gasteiger partial charge in [0.05, 0.1) is 5.41 Å². The van der Waals surface area contributed by atoms with Crippen LogP contribution in [0.5, 0.6) is 0 Å². The van der Waals surface area contributed by atoms with Gasteiger partial charge in [0.25, 0.3) is 0 Å². The van der Waals surface area contributed by atoms with Crippen LogP contribution in [0.1, 0.15) is 33.3 Å². The van der Waals surface area contributed by atoms with Crippen LogP contribution in [-0.4, -0.2) is 11.9 Å². The number of hydrogen-bond acceptors (Lipinski definition) is 2. The summed E-state index contributed by atoms with van der Waals surface area (Å²) in [5.41, 5.74) is 1.77. The molecule has 4 nitrogen and oxygen atoms in total. The molecule has 0 bridgehead atoms. The fourth-order valence-electron chi connectivity index (χ4n) is 2.34. The number of nitrogens with zero attached hydrogens (tertiary/aromatic N) is 3. The Balaban J connectivity index is 2.66. The fraction of sp³-hybridized carbons (Fsp3) is 0.462. The van der Waals surface area contributed by atoms with Crippen LogP contribution in [0.2, 0.25) is 0 Å². The number of carbonyl (C=O) groups excluding carboxylic acids is 1. The molecule has 0 radical (unpaired) electrons. The number of rotatable bonds is 1. The predicted molar refractivity (Wildman–Crippen MR) is 66.8 cm³/mol. The Labute approximate surface area is 101 Å². The topological polar surface area (TPSA) is 48.5 Å². The van der Waals surface area contributed by atoms with E-state index in [9.17, 15) is 4.79 Å². The largest absolute Gasteiger partial charge is 0.385 e. The highest BCUT2D eigenvalue weighted by molar-refractivity contribution is 6.08. The third-order valence-corrected chi connectivity index (χ3v) is 3.30. The van der Waals surface area contributed by atoms with Crippen molar-refractivity contribution in [3.8, 4) is 0 Å². The zero-order valence-corrected chi connectivity index (χ0v) is 10.6. The van der Waals surface area contributed by atoms with Crippen LogP contribution in [-0.2, 0) is 10.2 Å². The van der Waals surface area contributed by atoms with Gasteiger partial charge in [0.15, 0.2) is 4.98 Å². The van der Waals surface area contributed by atoms with Crippen LogP contribution in [0.25, 0.3) is 4.98 Å². The molecule has 1 aliphatic rings. The first-order valence-electron chi connectivity index (χ1n) is 5.73. The maximum absolute atomic E-state index is 12.4. The molecule has 17 heavy (non-hydrogen) atoms. The first-order valence-corrected chi connectivity index (χ1v) is 5.73. The van der Waals surface area contributed by atoms with Crippen LogP contribution in [0.3, 0.4) is 0 Å². The molecule has 1 aromatic rings. The first-order chi connectivity index (χ1) is 7.89. The van der Waals surface area contributed by atoms with Crippen LogP contribution >= 0.6 is 0 Å². The highest BCUT2D eigenvalue weighted by Gasteiger charge is 2.45. The van der Waals surface area contributed by atoms with Gasteiger partial charge in [-0.2, -0.15) is 0 Å². The molecule has 0 unspecified atom stereocenters. The molecule has 2 rings (SSSR count). The van der Waals surface area contributed by atoms with Crippen LogP contribution in [0, 0.1) is 5.39 Å². The number of anilines is 1. The number of benzene rings is 1. The summed E-state index contributed by atoms with van der Waals surface area (Å²) in [6.07, 6.45) is 0. The number of hydrogen-bond donors (Lipinski definition) is 0. The quantitative estimate of drug-likeness (QED) is 0.695. The number of amides is 1. The minimum Gasteiger partial charge on any atom is -0.309 e. The lowest BCUT2D eigenvalue weighted by Crippen LogP contribution is -2.40. The van der Waals surface area contributed by atoms with E-state index in [0.717, 1.165) is 11.3 Å². The molecular formula is C13H16N3O+. The highest BCUT2D eigenvalue weighted by Crippen LogP contribution is 2.44. The average molecular weight is 230 g/mol. The molecule has 0 fully saturated rings. The molecule has 0 aliphatic carbocycles. The van der Waals surface area contributed by atoms with Crippen LogP contribution in [0.15, 0.2) is 18.2 Å². The monoisotopic (exact) mass is 230 g/mol. The van der Waals surface area contributed by atoms with Gasteiger partial charge >= 0.3 is 5.69 Å². The van der Waals surface area contributed by atoms with E-state index in [1.807, 2.05) is 33.8 Å². The summed E-state index contributed by atoms with van der Waals surface area (Å²) in [6.45, 7) is 7.79. The van der Waals surface area contributed by atoms with Gasteiger partial charge in [0.2, 0.25) is 11.3 Å². The highest BCUT2D eigenvalue weighted by atomic mass is 16.2. The van der Waals surface area contributed by atoms with Crippen molar-refractivity contribution in [2.75, 3.05) is 4.90 Å². The van der Waals surface area contributed by atoms with Gasteiger partial charge in [-0.05, 0) is 39.3 Å². The van der Waals surface area contributed by atoms with E-state index in [-0.39, 0.29) is 11.9 Å². The molecule has 1 amide bonds. The van der Waals surface area contributed by atoms with E-state index >= 15 is 0 Å². The molecule has 0 atom stereocenters. The SMILES string of the molecule is CC(C)N1C(=O)C(C)(C)c2cc([N+]#N)ccc21. The number of fused-ring (bicyclic) bond motifs is 1. The van der Waals surface area contributed by atoms with Crippen LogP contribution in [0.4, 0.5) is 11.4 Å². The smallest absolute Gasteiger partial charge is 0.309 e. The van der Waals surface area contributed by atoms with Gasteiger partial charge in [-0.1, -0.05) is 0 Å². The van der Waals surface area contributed by atoms with E-state index in [0.29, 0.717) is 5.69 Å². The second-order valence-corrected chi connectivity index (χ2v) is 5.20. The molecule has 4 heteroatoms. The third-order valence-electron chi connectivity index (χ3n) is 3.30. The molecule has 0 N–H and O–H groups in total. The standard InChI is InChI=1S/C13H16N3O/c1-8(2)16-11-6-5-9(15-14)7-10(11)13(3,4)12(16)17/h5-8H,1-4H3/q+1. The van der Waals surface area contributed by atoms with Crippen molar-refractivity contribution in [1.82, 2.24) is 0 Å². The minimum absolute atomic E-state index is 0.0950. The normalized spacial score (nSPS) is 17.2. The maximum Gasteiger partial charge on any atom is 0.385 e. The molecule has 0 saturated heterocycles. The maximum atomic E-state index is 12.4. The van der Waals surface area contributed by atoms with Gasteiger partial charge in [0.1, 0.15) is 0 Å². The first kappa shape index (κ1) is 11.6.